The molecule has 0 saturated heterocycles. The maximum absolute atomic E-state index is 12.5. The van der Waals surface area contributed by atoms with Gasteiger partial charge in [-0.25, -0.2) is 9.59 Å². The van der Waals surface area contributed by atoms with Gasteiger partial charge in [-0.15, -0.1) is 6.42 Å². The number of hydrogen-bond donors (Lipinski definition) is 0. The Morgan fingerprint density at radius 2 is 1.74 bits per heavy atom. The number of hydrogen-bond acceptors (Lipinski definition) is 4. The third-order valence-electron chi connectivity index (χ3n) is 3.75. The zero-order valence-electron chi connectivity index (χ0n) is 15.1. The van der Waals surface area contributed by atoms with Crippen LogP contribution in [0, 0.1) is 12.3 Å². The van der Waals surface area contributed by atoms with Crippen molar-refractivity contribution < 1.29 is 19.1 Å². The van der Waals surface area contributed by atoms with Crippen molar-refractivity contribution in [3.8, 4) is 12.3 Å². The summed E-state index contributed by atoms with van der Waals surface area (Å²) in [7, 11) is 1.26. The van der Waals surface area contributed by atoms with Gasteiger partial charge in [0, 0.05) is 0 Å². The van der Waals surface area contributed by atoms with Gasteiger partial charge in [-0.1, -0.05) is 78.7 Å². The first-order valence-corrected chi connectivity index (χ1v) is 8.37. The summed E-state index contributed by atoms with van der Waals surface area (Å²) in [5.74, 6) is 1.79. The lowest BCUT2D eigenvalue weighted by Gasteiger charge is -2.25. The predicted molar refractivity (Wildman–Crippen MR) is 103 cm³/mol. The summed E-state index contributed by atoms with van der Waals surface area (Å²) in [4.78, 5) is 25.9. The molecular weight excluding hydrogens is 342 g/mol. The molecule has 2 aromatic rings. The minimum Gasteiger partial charge on any atom is -0.467 e. The number of amides is 1. The van der Waals surface area contributed by atoms with E-state index in [4.69, 9.17) is 15.9 Å². The first-order valence-electron chi connectivity index (χ1n) is 8.37. The van der Waals surface area contributed by atoms with E-state index in [1.807, 2.05) is 60.7 Å². The average Bonchev–Trinajstić information content (AvgIpc) is 2.72. The summed E-state index contributed by atoms with van der Waals surface area (Å²) < 4.78 is 10.2. The Morgan fingerprint density at radius 3 is 2.33 bits per heavy atom. The van der Waals surface area contributed by atoms with Crippen LogP contribution in [0.1, 0.15) is 11.1 Å². The van der Waals surface area contributed by atoms with Gasteiger partial charge in [-0.2, -0.15) is 0 Å². The molecule has 138 valence electrons. The van der Waals surface area contributed by atoms with Crippen LogP contribution in [0.5, 0.6) is 0 Å². The Hall–Kier alpha value is -3.52. The Morgan fingerprint density at radius 1 is 1.11 bits per heavy atom. The van der Waals surface area contributed by atoms with E-state index in [9.17, 15) is 9.59 Å². The molecule has 0 aromatic heterocycles. The third kappa shape index (κ3) is 6.05. The van der Waals surface area contributed by atoms with Crippen LogP contribution in [-0.4, -0.2) is 36.7 Å². The molecule has 0 N–H and O–H groups in total. The smallest absolute Gasteiger partial charge is 0.411 e. The highest BCUT2D eigenvalue weighted by Gasteiger charge is 2.29. The first-order chi connectivity index (χ1) is 13.2. The average molecular weight is 363 g/mol. The molecule has 2 rings (SSSR count). The summed E-state index contributed by atoms with van der Waals surface area (Å²) in [6.07, 6.45) is 8.00. The zero-order chi connectivity index (χ0) is 19.5. The monoisotopic (exact) mass is 363 g/mol. The van der Waals surface area contributed by atoms with Gasteiger partial charge in [0.2, 0.25) is 0 Å². The van der Waals surface area contributed by atoms with E-state index in [0.717, 1.165) is 16.0 Å². The summed E-state index contributed by atoms with van der Waals surface area (Å²) >= 11 is 0. The van der Waals surface area contributed by atoms with Gasteiger partial charge in [0.15, 0.2) is 6.04 Å². The lowest BCUT2D eigenvalue weighted by atomic mass is 10.1. The number of ether oxygens (including phenoxy) is 2. The molecule has 1 amide bonds. The van der Waals surface area contributed by atoms with Crippen molar-refractivity contribution in [1.29, 1.82) is 0 Å². The SMILES string of the molecule is C#CCN(C(=O)OCc1ccccc1)C(/C=C/c1ccccc1)C(=O)OC. The van der Waals surface area contributed by atoms with Gasteiger partial charge in [0.25, 0.3) is 0 Å². The summed E-state index contributed by atoms with van der Waals surface area (Å²) in [6, 6.07) is 17.7. The van der Waals surface area contributed by atoms with Crippen LogP contribution in [0.15, 0.2) is 66.7 Å². The lowest BCUT2D eigenvalue weighted by molar-refractivity contribution is -0.144. The lowest BCUT2D eigenvalue weighted by Crippen LogP contribution is -2.45. The molecule has 1 unspecified atom stereocenters. The first kappa shape index (κ1) is 19.8. The van der Waals surface area contributed by atoms with Gasteiger partial charge in [-0.05, 0) is 11.1 Å². The van der Waals surface area contributed by atoms with Crippen LogP contribution >= 0.6 is 0 Å². The van der Waals surface area contributed by atoms with Gasteiger partial charge < -0.3 is 9.47 Å². The second-order valence-electron chi connectivity index (χ2n) is 5.61. The molecule has 0 aliphatic carbocycles. The van der Waals surface area contributed by atoms with E-state index >= 15 is 0 Å². The molecule has 0 bridgehead atoms. The Balaban J connectivity index is 2.17. The van der Waals surface area contributed by atoms with E-state index in [2.05, 4.69) is 5.92 Å². The Bertz CT molecular complexity index is 809. The van der Waals surface area contributed by atoms with E-state index < -0.39 is 18.1 Å². The normalized spacial score (nSPS) is 11.4. The largest absolute Gasteiger partial charge is 0.467 e. The maximum atomic E-state index is 12.5. The number of carbonyl (C=O) groups excluding carboxylic acids is 2. The van der Waals surface area contributed by atoms with Crippen LogP contribution in [0.2, 0.25) is 0 Å². The molecular formula is C22H21NO4. The summed E-state index contributed by atoms with van der Waals surface area (Å²) in [5.41, 5.74) is 1.71. The fraction of sp³-hybridized carbons (Fsp3) is 0.182. The number of terminal acetylenes is 1. The number of esters is 1. The predicted octanol–water partition coefficient (Wildman–Crippen LogP) is 3.51. The van der Waals surface area contributed by atoms with Gasteiger partial charge in [-0.3, -0.25) is 4.90 Å². The van der Waals surface area contributed by atoms with Crippen LogP contribution < -0.4 is 0 Å². The van der Waals surface area contributed by atoms with Crippen molar-refractivity contribution >= 4 is 18.1 Å². The number of benzene rings is 2. The number of carbonyl (C=O) groups is 2. The van der Waals surface area contributed by atoms with E-state index in [1.54, 1.807) is 12.2 Å². The Kier molecular flexibility index (Phi) is 7.68. The fourth-order valence-corrected chi connectivity index (χ4v) is 2.37. The van der Waals surface area contributed by atoms with E-state index in [1.165, 1.54) is 7.11 Å². The quantitative estimate of drug-likeness (QED) is 0.558. The number of nitrogens with zero attached hydrogens (tertiary/aromatic N) is 1. The molecule has 0 aliphatic heterocycles. The zero-order valence-corrected chi connectivity index (χ0v) is 15.1. The van der Waals surface area contributed by atoms with Crippen molar-refractivity contribution in [3.63, 3.8) is 0 Å². The minimum absolute atomic E-state index is 0.0804. The van der Waals surface area contributed by atoms with Crippen molar-refractivity contribution in [2.24, 2.45) is 0 Å². The van der Waals surface area contributed by atoms with Crippen LogP contribution in [0.3, 0.4) is 0 Å². The van der Waals surface area contributed by atoms with Gasteiger partial charge in [0.05, 0.1) is 13.7 Å². The molecule has 0 aliphatic rings. The van der Waals surface area contributed by atoms with Crippen molar-refractivity contribution in [2.45, 2.75) is 12.6 Å². The van der Waals surface area contributed by atoms with Crippen LogP contribution in [-0.2, 0) is 20.9 Å². The molecule has 0 heterocycles. The highest BCUT2D eigenvalue weighted by atomic mass is 16.6. The standard InChI is InChI=1S/C22H21NO4/c1-3-16-23(22(25)27-17-19-12-8-5-9-13-19)20(21(24)26-2)15-14-18-10-6-4-7-11-18/h1,4-15,20H,16-17H2,2H3/b15-14+. The minimum atomic E-state index is -0.991. The van der Waals surface area contributed by atoms with E-state index in [-0.39, 0.29) is 13.2 Å². The second-order valence-corrected chi connectivity index (χ2v) is 5.61. The van der Waals surface area contributed by atoms with Crippen LogP contribution in [0.4, 0.5) is 4.79 Å². The molecule has 27 heavy (non-hydrogen) atoms. The molecule has 0 radical (unpaired) electrons. The molecule has 1 atom stereocenters. The molecule has 5 heteroatoms. The second kappa shape index (κ2) is 10.5. The van der Waals surface area contributed by atoms with Crippen molar-refractivity contribution in [1.82, 2.24) is 4.90 Å². The van der Waals surface area contributed by atoms with E-state index in [0.29, 0.717) is 0 Å². The fourth-order valence-electron chi connectivity index (χ4n) is 2.37. The summed E-state index contributed by atoms with van der Waals surface area (Å²) in [6.45, 7) is -0.0104. The summed E-state index contributed by atoms with van der Waals surface area (Å²) in [5, 5.41) is 0. The van der Waals surface area contributed by atoms with Crippen LogP contribution in [0.25, 0.3) is 6.08 Å². The van der Waals surface area contributed by atoms with Gasteiger partial charge in [0.1, 0.15) is 6.61 Å². The topological polar surface area (TPSA) is 55.8 Å². The Labute approximate surface area is 159 Å². The third-order valence-corrected chi connectivity index (χ3v) is 3.75. The van der Waals surface area contributed by atoms with Crippen molar-refractivity contribution in [3.05, 3.63) is 77.9 Å². The molecule has 0 fully saturated rings. The molecule has 2 aromatic carbocycles. The van der Waals surface area contributed by atoms with Crippen molar-refractivity contribution in [2.75, 3.05) is 13.7 Å². The molecule has 5 nitrogen and oxygen atoms in total. The molecule has 0 saturated carbocycles. The number of methoxy groups -OCH3 is 1. The molecule has 0 spiro atoms. The maximum Gasteiger partial charge on any atom is 0.411 e. The van der Waals surface area contributed by atoms with Gasteiger partial charge >= 0.3 is 12.1 Å². The highest BCUT2D eigenvalue weighted by Crippen LogP contribution is 2.11. The number of rotatable bonds is 7. The highest BCUT2D eigenvalue weighted by molar-refractivity contribution is 5.84.